The minimum Gasteiger partial charge on any atom is -0.392 e. The van der Waals surface area contributed by atoms with Crippen LogP contribution in [0.4, 0.5) is 0 Å². The Morgan fingerprint density at radius 2 is 2.11 bits per heavy atom. The molecule has 5 heteroatoms. The fraction of sp³-hybridized carbons (Fsp3) is 0.357. The Balaban J connectivity index is 1.74. The summed E-state index contributed by atoms with van der Waals surface area (Å²) in [5, 5.41) is 9.99. The van der Waals surface area contributed by atoms with E-state index in [0.29, 0.717) is 5.75 Å². The lowest BCUT2D eigenvalue weighted by atomic mass is 10.2. The summed E-state index contributed by atoms with van der Waals surface area (Å²) < 4.78 is 3.07. The first kappa shape index (κ1) is 14.6. The predicted molar refractivity (Wildman–Crippen MR) is 82.4 cm³/mol. The van der Waals surface area contributed by atoms with Gasteiger partial charge in [0.15, 0.2) is 0 Å². The molecule has 0 saturated heterocycles. The normalized spacial score (nSPS) is 12.6. The first-order chi connectivity index (χ1) is 9.15. The average Bonchev–Trinajstić information content (AvgIpc) is 2.81. The van der Waals surface area contributed by atoms with Gasteiger partial charge in [-0.25, -0.2) is 4.98 Å². The van der Waals surface area contributed by atoms with Crippen molar-refractivity contribution in [1.82, 2.24) is 9.55 Å². The predicted octanol–water partition coefficient (Wildman–Crippen LogP) is 3.27. The molecule has 0 amide bonds. The van der Waals surface area contributed by atoms with E-state index in [1.807, 2.05) is 29.9 Å². The van der Waals surface area contributed by atoms with Gasteiger partial charge in [-0.3, -0.25) is 0 Å². The SMILES string of the molecule is Cn1ccnc1CCC(O)CSc1ccc(Br)cc1. The van der Waals surface area contributed by atoms with Crippen molar-refractivity contribution in [1.29, 1.82) is 0 Å². The van der Waals surface area contributed by atoms with Gasteiger partial charge in [-0.15, -0.1) is 11.8 Å². The lowest BCUT2D eigenvalue weighted by Gasteiger charge is -2.10. The Labute approximate surface area is 126 Å². The number of nitrogens with zero attached hydrogens (tertiary/aromatic N) is 2. The third-order valence-electron chi connectivity index (χ3n) is 2.88. The summed E-state index contributed by atoms with van der Waals surface area (Å²) in [5.74, 6) is 1.74. The number of thioether (sulfide) groups is 1. The topological polar surface area (TPSA) is 38.0 Å². The van der Waals surface area contributed by atoms with Crippen LogP contribution < -0.4 is 0 Å². The molecule has 1 heterocycles. The quantitative estimate of drug-likeness (QED) is 0.820. The number of hydrogen-bond acceptors (Lipinski definition) is 3. The Bertz CT molecular complexity index is 512. The Morgan fingerprint density at radius 3 is 2.74 bits per heavy atom. The van der Waals surface area contributed by atoms with Crippen LogP contribution in [0, 0.1) is 0 Å². The van der Waals surface area contributed by atoms with E-state index in [1.54, 1.807) is 18.0 Å². The van der Waals surface area contributed by atoms with Crippen LogP contribution >= 0.6 is 27.7 Å². The number of imidazole rings is 1. The summed E-state index contributed by atoms with van der Waals surface area (Å²) in [6.07, 6.45) is 4.97. The summed E-state index contributed by atoms with van der Waals surface area (Å²) in [7, 11) is 1.98. The van der Waals surface area contributed by atoms with Crippen molar-refractivity contribution >= 4 is 27.7 Å². The fourth-order valence-electron chi connectivity index (χ4n) is 1.74. The van der Waals surface area contributed by atoms with E-state index < -0.39 is 0 Å². The van der Waals surface area contributed by atoms with Gasteiger partial charge in [0.05, 0.1) is 6.10 Å². The standard InChI is InChI=1S/C14H17BrN2OS/c1-17-9-8-16-14(17)7-4-12(18)10-19-13-5-2-11(15)3-6-13/h2-3,5-6,8-9,12,18H,4,7,10H2,1H3. The molecule has 0 radical (unpaired) electrons. The second-order valence-corrected chi connectivity index (χ2v) is 6.42. The third kappa shape index (κ3) is 4.67. The first-order valence-corrected chi connectivity index (χ1v) is 7.95. The molecule has 3 nitrogen and oxygen atoms in total. The molecule has 1 atom stereocenters. The molecule has 1 aromatic heterocycles. The van der Waals surface area contributed by atoms with Gasteiger partial charge in [-0.05, 0) is 30.7 Å². The number of aliphatic hydroxyl groups excluding tert-OH is 1. The van der Waals surface area contributed by atoms with Crippen LogP contribution in [0.1, 0.15) is 12.2 Å². The largest absolute Gasteiger partial charge is 0.392 e. The average molecular weight is 341 g/mol. The number of aromatic nitrogens is 2. The highest BCUT2D eigenvalue weighted by Gasteiger charge is 2.07. The molecule has 1 N–H and O–H groups in total. The number of halogens is 1. The van der Waals surface area contributed by atoms with Gasteiger partial charge in [-0.1, -0.05) is 15.9 Å². The molecular weight excluding hydrogens is 324 g/mol. The molecule has 0 aliphatic rings. The Hall–Kier alpha value is -0.780. The smallest absolute Gasteiger partial charge is 0.108 e. The van der Waals surface area contributed by atoms with Crippen LogP contribution in [0.25, 0.3) is 0 Å². The molecule has 102 valence electrons. The van der Waals surface area contributed by atoms with E-state index >= 15 is 0 Å². The zero-order valence-corrected chi connectivity index (χ0v) is 13.2. The van der Waals surface area contributed by atoms with Gasteiger partial charge in [0, 0.05) is 41.0 Å². The monoisotopic (exact) mass is 340 g/mol. The lowest BCUT2D eigenvalue weighted by Crippen LogP contribution is -2.12. The van der Waals surface area contributed by atoms with Crippen LogP contribution in [-0.2, 0) is 13.5 Å². The van der Waals surface area contributed by atoms with Gasteiger partial charge < -0.3 is 9.67 Å². The first-order valence-electron chi connectivity index (χ1n) is 6.18. The Kier molecular flexibility index (Phi) is 5.48. The number of rotatable bonds is 6. The number of aliphatic hydroxyl groups is 1. The molecule has 0 saturated carbocycles. The van der Waals surface area contributed by atoms with Crippen molar-refractivity contribution in [3.63, 3.8) is 0 Å². The zero-order valence-electron chi connectivity index (χ0n) is 10.8. The Morgan fingerprint density at radius 1 is 1.37 bits per heavy atom. The molecule has 2 aromatic rings. The maximum atomic E-state index is 9.99. The van der Waals surface area contributed by atoms with Gasteiger partial charge in [-0.2, -0.15) is 0 Å². The minimum absolute atomic E-state index is 0.301. The molecule has 19 heavy (non-hydrogen) atoms. The van der Waals surface area contributed by atoms with E-state index in [4.69, 9.17) is 0 Å². The van der Waals surface area contributed by atoms with Crippen LogP contribution in [0.3, 0.4) is 0 Å². The second-order valence-electron chi connectivity index (χ2n) is 4.41. The number of benzene rings is 1. The highest BCUT2D eigenvalue weighted by Crippen LogP contribution is 2.22. The van der Waals surface area contributed by atoms with Gasteiger partial charge in [0.25, 0.3) is 0 Å². The van der Waals surface area contributed by atoms with Crippen LogP contribution in [0.15, 0.2) is 46.0 Å². The van der Waals surface area contributed by atoms with Crippen molar-refractivity contribution in [3.8, 4) is 0 Å². The maximum absolute atomic E-state index is 9.99. The molecular formula is C14H17BrN2OS. The molecule has 0 spiro atoms. The van der Waals surface area contributed by atoms with E-state index in [9.17, 15) is 5.11 Å². The molecule has 1 aromatic carbocycles. The molecule has 0 bridgehead atoms. The zero-order chi connectivity index (χ0) is 13.7. The van der Waals surface area contributed by atoms with Crippen LogP contribution in [0.5, 0.6) is 0 Å². The minimum atomic E-state index is -0.301. The number of aryl methyl sites for hydroxylation is 2. The van der Waals surface area contributed by atoms with E-state index in [-0.39, 0.29) is 6.10 Å². The van der Waals surface area contributed by atoms with E-state index in [0.717, 1.165) is 23.1 Å². The van der Waals surface area contributed by atoms with Crippen molar-refractivity contribution < 1.29 is 5.11 Å². The summed E-state index contributed by atoms with van der Waals surface area (Å²) in [6, 6.07) is 8.14. The van der Waals surface area contributed by atoms with Gasteiger partial charge in [0.2, 0.25) is 0 Å². The summed E-state index contributed by atoms with van der Waals surface area (Å²) >= 11 is 5.09. The molecule has 2 rings (SSSR count). The van der Waals surface area contributed by atoms with Crippen molar-refractivity contribution in [2.75, 3.05) is 5.75 Å². The third-order valence-corrected chi connectivity index (χ3v) is 4.56. The number of hydrogen-bond donors (Lipinski definition) is 1. The second kappa shape index (κ2) is 7.12. The highest BCUT2D eigenvalue weighted by atomic mass is 79.9. The van der Waals surface area contributed by atoms with Crippen LogP contribution in [0.2, 0.25) is 0 Å². The van der Waals surface area contributed by atoms with E-state index in [2.05, 4.69) is 33.0 Å². The van der Waals surface area contributed by atoms with E-state index in [1.165, 1.54) is 4.90 Å². The van der Waals surface area contributed by atoms with Gasteiger partial charge >= 0.3 is 0 Å². The molecule has 0 fully saturated rings. The van der Waals surface area contributed by atoms with Crippen molar-refractivity contribution in [3.05, 3.63) is 47.0 Å². The van der Waals surface area contributed by atoms with Crippen molar-refractivity contribution in [2.24, 2.45) is 7.05 Å². The lowest BCUT2D eigenvalue weighted by molar-refractivity contribution is 0.188. The molecule has 0 aliphatic carbocycles. The fourth-order valence-corrected chi connectivity index (χ4v) is 2.88. The molecule has 1 unspecified atom stereocenters. The summed E-state index contributed by atoms with van der Waals surface area (Å²) in [6.45, 7) is 0. The van der Waals surface area contributed by atoms with Crippen molar-refractivity contribution in [2.45, 2.75) is 23.8 Å². The maximum Gasteiger partial charge on any atom is 0.108 e. The summed E-state index contributed by atoms with van der Waals surface area (Å²) in [5.41, 5.74) is 0. The summed E-state index contributed by atoms with van der Waals surface area (Å²) in [4.78, 5) is 5.44. The van der Waals surface area contributed by atoms with Crippen LogP contribution in [-0.4, -0.2) is 26.5 Å². The molecule has 0 aliphatic heterocycles. The van der Waals surface area contributed by atoms with Gasteiger partial charge in [0.1, 0.15) is 5.82 Å². The highest BCUT2D eigenvalue weighted by molar-refractivity contribution is 9.10.